The minimum atomic E-state index is -2.28. The van der Waals surface area contributed by atoms with Crippen LogP contribution in [0.3, 0.4) is 0 Å². The van der Waals surface area contributed by atoms with E-state index in [4.69, 9.17) is 0 Å². The second-order valence-electron chi connectivity index (χ2n) is 5.26. The predicted octanol–water partition coefficient (Wildman–Crippen LogP) is 0.242. The van der Waals surface area contributed by atoms with Gasteiger partial charge in [0.1, 0.15) is 0 Å². The quantitative estimate of drug-likeness (QED) is 0.332. The summed E-state index contributed by atoms with van der Waals surface area (Å²) in [5.41, 5.74) is 1.07. The minimum absolute atomic E-state index is 0.154. The standard InChI is InChI=1S/C14H17F2IN/c1-17(2)10-7-5-3-4-6-9(10)13-11(17)8-12(15)18-14(13)16/h4-7,11-13H,3,8H2,1-2H3/q-1/t11?,12-,13?/m1/s1. The van der Waals surface area contributed by atoms with Gasteiger partial charge in [-0.3, -0.25) is 0 Å². The third kappa shape index (κ3) is 1.72. The van der Waals surface area contributed by atoms with Gasteiger partial charge in [-0.05, 0) is 0 Å². The molecule has 0 fully saturated rings. The van der Waals surface area contributed by atoms with Crippen LogP contribution in [0.25, 0.3) is 0 Å². The Morgan fingerprint density at radius 2 is 2.00 bits per heavy atom. The van der Waals surface area contributed by atoms with Gasteiger partial charge in [-0.25, -0.2) is 0 Å². The third-order valence-corrected chi connectivity index (χ3v) is 13.2. The van der Waals surface area contributed by atoms with Gasteiger partial charge in [0.15, 0.2) is 0 Å². The molecule has 0 radical (unpaired) electrons. The molecule has 4 heteroatoms. The second kappa shape index (κ2) is 4.25. The van der Waals surface area contributed by atoms with E-state index in [1.165, 1.54) is 3.58 Å². The number of nitrogens with zero attached hydrogens (tertiary/aromatic N) is 1. The molecule has 0 aromatic rings. The first-order chi connectivity index (χ1) is 8.51. The van der Waals surface area contributed by atoms with Gasteiger partial charge in [0.2, 0.25) is 0 Å². The second-order valence-corrected chi connectivity index (χ2v) is 15.5. The van der Waals surface area contributed by atoms with Crippen LogP contribution in [0.1, 0.15) is 12.8 Å². The van der Waals surface area contributed by atoms with Crippen LogP contribution < -0.4 is 18.4 Å². The summed E-state index contributed by atoms with van der Waals surface area (Å²) in [7, 11) is 0. The van der Waals surface area contributed by atoms with Gasteiger partial charge in [0.05, 0.1) is 0 Å². The van der Waals surface area contributed by atoms with Gasteiger partial charge in [0, 0.05) is 0 Å². The summed E-state index contributed by atoms with van der Waals surface area (Å²) < 4.78 is 29.1. The van der Waals surface area contributed by atoms with E-state index in [1.54, 1.807) is 0 Å². The Kier molecular flexibility index (Phi) is 2.95. The van der Waals surface area contributed by atoms with Crippen molar-refractivity contribution in [2.75, 3.05) is 9.86 Å². The van der Waals surface area contributed by atoms with Crippen molar-refractivity contribution in [1.29, 1.82) is 0 Å². The summed E-state index contributed by atoms with van der Waals surface area (Å²) in [6.45, 7) is 0. The number of hydrogen-bond donors (Lipinski definition) is 0. The Morgan fingerprint density at radius 3 is 2.78 bits per heavy atom. The molecule has 2 heterocycles. The SMILES string of the molecule is C[I-]1(C)C2=C(C=CCC=C2)C2C(F)=N[C@@H](F)CC21. The van der Waals surface area contributed by atoms with Gasteiger partial charge in [-0.15, -0.1) is 0 Å². The Morgan fingerprint density at radius 1 is 1.28 bits per heavy atom. The number of hydrogen-bond acceptors (Lipinski definition) is 1. The maximum atomic E-state index is 14.1. The number of halogens is 3. The van der Waals surface area contributed by atoms with E-state index in [2.05, 4.69) is 33.1 Å². The molecule has 2 unspecified atom stereocenters. The van der Waals surface area contributed by atoms with Gasteiger partial charge < -0.3 is 0 Å². The van der Waals surface area contributed by atoms with E-state index >= 15 is 0 Å². The van der Waals surface area contributed by atoms with E-state index in [9.17, 15) is 8.78 Å². The number of aliphatic imine (C=N–C) groups is 1. The molecule has 3 atom stereocenters. The van der Waals surface area contributed by atoms with Crippen LogP contribution >= 0.6 is 0 Å². The summed E-state index contributed by atoms with van der Waals surface area (Å²) in [5.74, 6) is -0.752. The van der Waals surface area contributed by atoms with Gasteiger partial charge in [-0.2, -0.15) is 0 Å². The van der Waals surface area contributed by atoms with Crippen LogP contribution in [0.4, 0.5) is 8.78 Å². The molecule has 0 saturated carbocycles. The molecule has 18 heavy (non-hydrogen) atoms. The molecule has 0 bridgehead atoms. The first-order valence-corrected chi connectivity index (χ1v) is 12.7. The Labute approximate surface area is 110 Å². The molecule has 0 aromatic carbocycles. The summed E-state index contributed by atoms with van der Waals surface area (Å²) in [6.07, 6.45) is 8.34. The van der Waals surface area contributed by atoms with Crippen molar-refractivity contribution in [3.63, 3.8) is 0 Å². The molecule has 100 valence electrons. The molecule has 0 spiro atoms. The molecule has 0 amide bonds. The van der Waals surface area contributed by atoms with Crippen molar-refractivity contribution in [2.24, 2.45) is 10.9 Å². The molecular weight excluding hydrogens is 347 g/mol. The third-order valence-electron chi connectivity index (χ3n) is 3.97. The monoisotopic (exact) mass is 364 g/mol. The summed E-state index contributed by atoms with van der Waals surface area (Å²) >= 11 is -2.28. The van der Waals surface area contributed by atoms with E-state index in [1.807, 2.05) is 6.08 Å². The van der Waals surface area contributed by atoms with Crippen molar-refractivity contribution < 1.29 is 27.2 Å². The van der Waals surface area contributed by atoms with Crippen molar-refractivity contribution in [3.8, 4) is 0 Å². The zero-order valence-electron chi connectivity index (χ0n) is 10.5. The summed E-state index contributed by atoms with van der Waals surface area (Å²) in [5, 5.41) is 0. The van der Waals surface area contributed by atoms with Crippen LogP contribution in [0, 0.1) is 5.92 Å². The maximum absolute atomic E-state index is 14.1. The first kappa shape index (κ1) is 12.5. The average molecular weight is 364 g/mol. The average Bonchev–Trinajstić information content (AvgIpc) is 2.47. The molecular formula is C14H17F2IN-. The molecule has 1 aliphatic carbocycles. The van der Waals surface area contributed by atoms with E-state index < -0.39 is 30.7 Å². The molecule has 3 rings (SSSR count). The van der Waals surface area contributed by atoms with Crippen LogP contribution in [0.2, 0.25) is 0 Å². The summed E-state index contributed by atoms with van der Waals surface area (Å²) in [4.78, 5) is 8.06. The fraction of sp³-hybridized carbons (Fsp3) is 0.500. The van der Waals surface area contributed by atoms with Crippen LogP contribution in [-0.2, 0) is 0 Å². The van der Waals surface area contributed by atoms with Gasteiger partial charge in [-0.1, -0.05) is 0 Å². The van der Waals surface area contributed by atoms with Crippen LogP contribution in [0.15, 0.2) is 38.4 Å². The predicted molar refractivity (Wildman–Crippen MR) is 67.1 cm³/mol. The van der Waals surface area contributed by atoms with Crippen molar-refractivity contribution in [1.82, 2.24) is 0 Å². The molecule has 0 aromatic heterocycles. The van der Waals surface area contributed by atoms with Gasteiger partial charge >= 0.3 is 110 Å². The van der Waals surface area contributed by atoms with Gasteiger partial charge in [0.25, 0.3) is 0 Å². The zero-order valence-corrected chi connectivity index (χ0v) is 12.7. The molecule has 2 aliphatic heterocycles. The van der Waals surface area contributed by atoms with E-state index in [-0.39, 0.29) is 9.84 Å². The number of rotatable bonds is 0. The molecule has 3 aliphatic rings. The van der Waals surface area contributed by atoms with E-state index in [0.29, 0.717) is 6.42 Å². The number of fused-ring (bicyclic) bond motifs is 2. The fourth-order valence-electron chi connectivity index (χ4n) is 3.07. The summed E-state index contributed by atoms with van der Waals surface area (Å²) in [6, 6.07) is 0. The Balaban J connectivity index is 2.15. The first-order valence-electron chi connectivity index (χ1n) is 6.09. The topological polar surface area (TPSA) is 12.4 Å². The fourth-order valence-corrected chi connectivity index (χ4v) is 11.4. The van der Waals surface area contributed by atoms with Crippen molar-refractivity contribution in [2.45, 2.75) is 23.1 Å². The van der Waals surface area contributed by atoms with Crippen LogP contribution in [0.5, 0.6) is 0 Å². The number of alkyl halides is 4. The van der Waals surface area contributed by atoms with Crippen molar-refractivity contribution in [3.05, 3.63) is 33.5 Å². The Bertz CT molecular complexity index is 502. The number of allylic oxidation sites excluding steroid dienone is 6. The molecule has 0 N–H and O–H groups in total. The normalized spacial score (nSPS) is 38.9. The van der Waals surface area contributed by atoms with Crippen molar-refractivity contribution >= 4 is 5.97 Å². The molecule has 1 nitrogen and oxygen atoms in total. The van der Waals surface area contributed by atoms with Crippen LogP contribution in [-0.4, -0.2) is 26.0 Å². The zero-order chi connectivity index (χ0) is 12.9. The molecule has 0 saturated heterocycles. The Hall–Kier alpha value is -0.520. The van der Waals surface area contributed by atoms with E-state index in [0.717, 1.165) is 12.0 Å².